The van der Waals surface area contributed by atoms with Crippen LogP contribution in [0.3, 0.4) is 0 Å². The molecule has 0 saturated carbocycles. The third-order valence-electron chi connectivity index (χ3n) is 3.59. The first kappa shape index (κ1) is 15.2. The highest BCUT2D eigenvalue weighted by Gasteiger charge is 2.16. The van der Waals surface area contributed by atoms with Crippen molar-refractivity contribution in [2.24, 2.45) is 0 Å². The first-order valence-electron chi connectivity index (χ1n) is 7.07. The van der Waals surface area contributed by atoms with Gasteiger partial charge in [0.05, 0.1) is 12.8 Å². The molecule has 1 aromatic heterocycles. The van der Waals surface area contributed by atoms with Crippen molar-refractivity contribution in [2.75, 3.05) is 31.4 Å². The van der Waals surface area contributed by atoms with Crippen molar-refractivity contribution in [1.29, 1.82) is 0 Å². The summed E-state index contributed by atoms with van der Waals surface area (Å²) in [6.07, 6.45) is 1.76. The Hall–Kier alpha value is -2.23. The Morgan fingerprint density at radius 2 is 1.90 bits per heavy atom. The fourth-order valence-electron chi connectivity index (χ4n) is 2.46. The molecular weight excluding hydrogens is 262 g/mol. The normalized spacial score (nSPS) is 11.9. The molecule has 0 spiro atoms. The summed E-state index contributed by atoms with van der Waals surface area (Å²) in [7, 11) is 5.67. The molecule has 0 bridgehead atoms. The lowest BCUT2D eigenvalue weighted by Crippen LogP contribution is -2.16. The van der Waals surface area contributed by atoms with Crippen LogP contribution in [-0.2, 0) is 0 Å². The van der Waals surface area contributed by atoms with Crippen LogP contribution >= 0.6 is 0 Å². The summed E-state index contributed by atoms with van der Waals surface area (Å²) in [5.41, 5.74) is 4.52. The fourth-order valence-corrected chi connectivity index (χ4v) is 2.46. The number of anilines is 2. The Bertz CT molecular complexity index is 611. The van der Waals surface area contributed by atoms with Crippen molar-refractivity contribution in [3.8, 4) is 5.88 Å². The maximum atomic E-state index is 5.40. The molecular formula is C17H23N3O. The average molecular weight is 285 g/mol. The van der Waals surface area contributed by atoms with Gasteiger partial charge in [0.2, 0.25) is 5.88 Å². The molecule has 1 unspecified atom stereocenters. The number of hydrogen-bond donors (Lipinski definition) is 1. The molecule has 0 radical (unpaired) electrons. The Balaban J connectivity index is 2.37. The van der Waals surface area contributed by atoms with E-state index in [9.17, 15) is 0 Å². The maximum Gasteiger partial charge on any atom is 0.239 e. The van der Waals surface area contributed by atoms with Gasteiger partial charge in [-0.1, -0.05) is 24.3 Å². The van der Waals surface area contributed by atoms with Gasteiger partial charge in [0.25, 0.3) is 0 Å². The van der Waals surface area contributed by atoms with Gasteiger partial charge < -0.3 is 15.0 Å². The molecule has 2 aromatic rings. The Labute approximate surface area is 126 Å². The zero-order chi connectivity index (χ0) is 15.4. The smallest absolute Gasteiger partial charge is 0.239 e. The second kappa shape index (κ2) is 6.48. The summed E-state index contributed by atoms with van der Waals surface area (Å²) in [6.45, 7) is 4.27. The number of benzene rings is 1. The summed E-state index contributed by atoms with van der Waals surface area (Å²) >= 11 is 0. The Kier molecular flexibility index (Phi) is 4.68. The summed E-state index contributed by atoms with van der Waals surface area (Å²) in [5.74, 6) is 0.613. The van der Waals surface area contributed by atoms with Crippen LogP contribution in [-0.4, -0.2) is 26.2 Å². The van der Waals surface area contributed by atoms with Crippen LogP contribution < -0.4 is 15.0 Å². The van der Waals surface area contributed by atoms with Gasteiger partial charge >= 0.3 is 0 Å². The van der Waals surface area contributed by atoms with E-state index in [1.165, 1.54) is 11.1 Å². The molecule has 4 nitrogen and oxygen atoms in total. The molecule has 0 aliphatic heterocycles. The molecule has 2 rings (SSSR count). The lowest BCUT2D eigenvalue weighted by atomic mass is 10.0. The van der Waals surface area contributed by atoms with Gasteiger partial charge in [-0.05, 0) is 31.0 Å². The predicted molar refractivity (Wildman–Crippen MR) is 88.3 cm³/mol. The highest BCUT2D eigenvalue weighted by Crippen LogP contribution is 2.35. The molecule has 1 N–H and O–H groups in total. The lowest BCUT2D eigenvalue weighted by Gasteiger charge is -2.24. The molecule has 0 aliphatic carbocycles. The minimum atomic E-state index is 0.169. The van der Waals surface area contributed by atoms with Gasteiger partial charge in [0.15, 0.2) is 0 Å². The quantitative estimate of drug-likeness (QED) is 0.910. The summed E-state index contributed by atoms with van der Waals surface area (Å²) in [4.78, 5) is 6.35. The van der Waals surface area contributed by atoms with Crippen molar-refractivity contribution in [2.45, 2.75) is 19.9 Å². The van der Waals surface area contributed by atoms with Crippen LogP contribution in [0.2, 0.25) is 0 Å². The largest absolute Gasteiger partial charge is 0.479 e. The van der Waals surface area contributed by atoms with E-state index < -0.39 is 0 Å². The number of hydrogen-bond acceptors (Lipinski definition) is 4. The molecule has 0 aliphatic rings. The van der Waals surface area contributed by atoms with Gasteiger partial charge in [0, 0.05) is 26.3 Å². The first-order valence-corrected chi connectivity index (χ1v) is 7.07. The zero-order valence-corrected chi connectivity index (χ0v) is 13.3. The molecule has 112 valence electrons. The third-order valence-corrected chi connectivity index (χ3v) is 3.59. The topological polar surface area (TPSA) is 37.4 Å². The highest BCUT2D eigenvalue weighted by molar-refractivity contribution is 5.74. The molecule has 0 saturated heterocycles. The second-order valence-electron chi connectivity index (χ2n) is 5.33. The van der Waals surface area contributed by atoms with Crippen molar-refractivity contribution < 1.29 is 4.74 Å². The van der Waals surface area contributed by atoms with Crippen LogP contribution in [0, 0.1) is 6.92 Å². The second-order valence-corrected chi connectivity index (χ2v) is 5.33. The third kappa shape index (κ3) is 3.27. The van der Waals surface area contributed by atoms with Gasteiger partial charge in [-0.2, -0.15) is 0 Å². The van der Waals surface area contributed by atoms with Gasteiger partial charge in [-0.3, -0.25) is 0 Å². The lowest BCUT2D eigenvalue weighted by molar-refractivity contribution is 0.399. The van der Waals surface area contributed by atoms with Gasteiger partial charge in [0.1, 0.15) is 5.69 Å². The minimum Gasteiger partial charge on any atom is -0.479 e. The first-order chi connectivity index (χ1) is 10.0. The number of nitrogens with zero attached hydrogens (tertiary/aromatic N) is 2. The predicted octanol–water partition coefficient (Wildman–Crippen LogP) is 3.64. The van der Waals surface area contributed by atoms with Crippen molar-refractivity contribution in [3.63, 3.8) is 0 Å². The van der Waals surface area contributed by atoms with E-state index in [0.29, 0.717) is 5.88 Å². The van der Waals surface area contributed by atoms with E-state index in [1.54, 1.807) is 13.3 Å². The van der Waals surface area contributed by atoms with E-state index in [-0.39, 0.29) is 6.04 Å². The number of ether oxygens (including phenoxy) is 1. The van der Waals surface area contributed by atoms with Crippen LogP contribution in [0.25, 0.3) is 0 Å². The highest BCUT2D eigenvalue weighted by atomic mass is 16.5. The SMILES string of the molecule is COc1nccc(N(C)C)c1NC(C)c1ccccc1C. The Morgan fingerprint density at radius 3 is 2.52 bits per heavy atom. The van der Waals surface area contributed by atoms with Gasteiger partial charge in [-0.15, -0.1) is 0 Å². The fraction of sp³-hybridized carbons (Fsp3) is 0.353. The molecule has 4 heteroatoms. The number of methoxy groups -OCH3 is 1. The molecule has 1 aromatic carbocycles. The number of aromatic nitrogens is 1. The van der Waals surface area contributed by atoms with E-state index in [0.717, 1.165) is 11.4 Å². The van der Waals surface area contributed by atoms with E-state index in [2.05, 4.69) is 53.3 Å². The maximum absolute atomic E-state index is 5.40. The van der Waals surface area contributed by atoms with E-state index >= 15 is 0 Å². The number of aryl methyl sites for hydroxylation is 1. The molecule has 21 heavy (non-hydrogen) atoms. The standard InChI is InChI=1S/C17H23N3O/c1-12-8-6-7-9-14(12)13(2)19-16-15(20(3)4)10-11-18-17(16)21-5/h6-11,13,19H,1-5H3. The Morgan fingerprint density at radius 1 is 1.19 bits per heavy atom. The summed E-state index contributed by atoms with van der Waals surface area (Å²) < 4.78 is 5.40. The summed E-state index contributed by atoms with van der Waals surface area (Å²) in [6, 6.07) is 10.5. The number of pyridine rings is 1. The van der Waals surface area contributed by atoms with Crippen LogP contribution in [0.15, 0.2) is 36.5 Å². The summed E-state index contributed by atoms with van der Waals surface area (Å²) in [5, 5.41) is 3.54. The minimum absolute atomic E-state index is 0.169. The van der Waals surface area contributed by atoms with Crippen LogP contribution in [0.4, 0.5) is 11.4 Å². The van der Waals surface area contributed by atoms with Crippen LogP contribution in [0.5, 0.6) is 5.88 Å². The molecule has 0 amide bonds. The van der Waals surface area contributed by atoms with E-state index in [4.69, 9.17) is 4.74 Å². The molecule has 1 atom stereocenters. The number of nitrogens with one attached hydrogen (secondary N) is 1. The van der Waals surface area contributed by atoms with Gasteiger partial charge in [-0.25, -0.2) is 4.98 Å². The van der Waals surface area contributed by atoms with E-state index in [1.807, 2.05) is 20.2 Å². The zero-order valence-electron chi connectivity index (χ0n) is 13.3. The number of rotatable bonds is 5. The monoisotopic (exact) mass is 285 g/mol. The average Bonchev–Trinajstić information content (AvgIpc) is 2.47. The molecule has 0 fully saturated rings. The van der Waals surface area contributed by atoms with Crippen molar-refractivity contribution in [3.05, 3.63) is 47.7 Å². The van der Waals surface area contributed by atoms with Crippen molar-refractivity contribution >= 4 is 11.4 Å². The van der Waals surface area contributed by atoms with Crippen LogP contribution in [0.1, 0.15) is 24.1 Å². The van der Waals surface area contributed by atoms with Crippen molar-refractivity contribution in [1.82, 2.24) is 4.98 Å². The molecule has 1 heterocycles.